The number of halogens is 2. The highest BCUT2D eigenvalue weighted by atomic mass is 35.5. The number of aliphatic carboxylic acids is 2. The summed E-state index contributed by atoms with van der Waals surface area (Å²) < 4.78 is 1.84. The average Bonchev–Trinajstić information content (AvgIpc) is 2.77. The fourth-order valence-corrected chi connectivity index (χ4v) is 3.95. The van der Waals surface area contributed by atoms with Crippen LogP contribution in [0.25, 0.3) is 0 Å². The summed E-state index contributed by atoms with van der Waals surface area (Å²) in [6, 6.07) is 9.69. The van der Waals surface area contributed by atoms with Gasteiger partial charge in [0.15, 0.2) is 0 Å². The van der Waals surface area contributed by atoms with E-state index in [1.165, 1.54) is 5.56 Å². The lowest BCUT2D eigenvalue weighted by molar-refractivity contribution is -0.134. The van der Waals surface area contributed by atoms with Gasteiger partial charge in [0.05, 0.1) is 10.0 Å². The normalized spacial score (nSPS) is 14.8. The monoisotopic (exact) mass is 492 g/mol. The van der Waals surface area contributed by atoms with Crippen LogP contribution in [0.1, 0.15) is 35.7 Å². The molecule has 3 N–H and O–H groups in total. The van der Waals surface area contributed by atoms with Crippen molar-refractivity contribution < 1.29 is 19.8 Å². The number of hydrogen-bond donors (Lipinski definition) is 3. The standard InChI is InChI=1S/C20H22Cl2N2O.C4H4O4/c1-2-12-24-19-5-3-4-18(15(19)7-9-20(24)25)23-11-10-14-6-8-16(21)17(22)13-14;5-3(6)1-2-4(7)8/h2,6-9,13,18,23H,1,3-5,10-12H2;1-2H,(H,5,6)(H,7,8). The van der Waals surface area contributed by atoms with Crippen LogP contribution in [0, 0.1) is 0 Å². The van der Waals surface area contributed by atoms with E-state index in [0.717, 1.165) is 43.5 Å². The zero-order valence-corrected chi connectivity index (χ0v) is 19.5. The highest BCUT2D eigenvalue weighted by molar-refractivity contribution is 6.42. The predicted molar refractivity (Wildman–Crippen MR) is 129 cm³/mol. The Balaban J connectivity index is 0.000000414. The van der Waals surface area contributed by atoms with Crippen molar-refractivity contribution in [2.24, 2.45) is 0 Å². The molecule has 0 saturated carbocycles. The van der Waals surface area contributed by atoms with Gasteiger partial charge in [-0.1, -0.05) is 41.4 Å². The summed E-state index contributed by atoms with van der Waals surface area (Å²) in [5.74, 6) is -2.51. The topological polar surface area (TPSA) is 109 Å². The van der Waals surface area contributed by atoms with Crippen molar-refractivity contribution in [3.05, 3.63) is 92.4 Å². The summed E-state index contributed by atoms with van der Waals surface area (Å²) >= 11 is 12.0. The quantitative estimate of drug-likeness (QED) is 0.375. The second kappa shape index (κ2) is 13.0. The Bertz CT molecular complexity index is 1080. The number of nitrogens with zero attached hydrogens (tertiary/aromatic N) is 1. The van der Waals surface area contributed by atoms with Crippen molar-refractivity contribution in [1.82, 2.24) is 9.88 Å². The predicted octanol–water partition coefficient (Wildman–Crippen LogP) is 4.26. The van der Waals surface area contributed by atoms with Gasteiger partial charge >= 0.3 is 11.9 Å². The average molecular weight is 493 g/mol. The molecule has 0 bridgehead atoms. The zero-order chi connectivity index (χ0) is 24.4. The lowest BCUT2D eigenvalue weighted by Crippen LogP contribution is -2.32. The minimum Gasteiger partial charge on any atom is -0.478 e. The molecule has 1 aromatic heterocycles. The maximum absolute atomic E-state index is 12.1. The summed E-state index contributed by atoms with van der Waals surface area (Å²) in [5, 5.41) is 20.4. The van der Waals surface area contributed by atoms with Crippen LogP contribution in [-0.2, 0) is 29.0 Å². The van der Waals surface area contributed by atoms with Crippen LogP contribution in [0.3, 0.4) is 0 Å². The first kappa shape index (κ1) is 26.4. The van der Waals surface area contributed by atoms with Gasteiger partial charge in [-0.15, -0.1) is 6.58 Å². The second-order valence-electron chi connectivity index (χ2n) is 7.38. The van der Waals surface area contributed by atoms with Crippen LogP contribution in [0.4, 0.5) is 0 Å². The van der Waals surface area contributed by atoms with E-state index in [1.54, 1.807) is 12.1 Å². The highest BCUT2D eigenvalue weighted by Gasteiger charge is 2.22. The summed E-state index contributed by atoms with van der Waals surface area (Å²) in [4.78, 5) is 31.2. The van der Waals surface area contributed by atoms with Crippen molar-refractivity contribution in [3.8, 4) is 0 Å². The maximum atomic E-state index is 12.1. The summed E-state index contributed by atoms with van der Waals surface area (Å²) in [7, 11) is 0. The van der Waals surface area contributed by atoms with Gasteiger partial charge in [-0.3, -0.25) is 4.79 Å². The van der Waals surface area contributed by atoms with Gasteiger partial charge in [-0.05, 0) is 55.5 Å². The second-order valence-corrected chi connectivity index (χ2v) is 8.19. The van der Waals surface area contributed by atoms with Crippen molar-refractivity contribution in [2.45, 2.75) is 38.3 Å². The van der Waals surface area contributed by atoms with Crippen LogP contribution < -0.4 is 10.9 Å². The number of carboxylic acids is 2. The number of fused-ring (bicyclic) bond motifs is 1. The number of nitrogens with one attached hydrogen (secondary N) is 1. The molecule has 0 radical (unpaired) electrons. The molecule has 1 unspecified atom stereocenters. The Hall–Kier alpha value is -2.87. The molecule has 3 rings (SSSR count). The van der Waals surface area contributed by atoms with Gasteiger partial charge in [-0.25, -0.2) is 9.59 Å². The summed E-state index contributed by atoms with van der Waals surface area (Å²) in [6.07, 6.45) is 6.89. The smallest absolute Gasteiger partial charge is 0.328 e. The minimum atomic E-state index is -1.26. The highest BCUT2D eigenvalue weighted by Crippen LogP contribution is 2.29. The molecule has 1 heterocycles. The van der Waals surface area contributed by atoms with E-state index in [4.69, 9.17) is 33.4 Å². The number of benzene rings is 1. The van der Waals surface area contributed by atoms with Crippen LogP contribution in [-0.4, -0.2) is 33.3 Å². The molecular weight excluding hydrogens is 467 g/mol. The van der Waals surface area contributed by atoms with Crippen LogP contribution in [0.5, 0.6) is 0 Å². The first-order valence-corrected chi connectivity index (χ1v) is 11.1. The minimum absolute atomic E-state index is 0.0510. The number of rotatable bonds is 8. The molecule has 1 aromatic carbocycles. The van der Waals surface area contributed by atoms with Gasteiger partial charge in [0.2, 0.25) is 0 Å². The molecule has 2 aromatic rings. The maximum Gasteiger partial charge on any atom is 0.328 e. The summed E-state index contributed by atoms with van der Waals surface area (Å²) in [6.45, 7) is 5.18. The Kier molecular flexibility index (Phi) is 10.4. The Morgan fingerprint density at radius 3 is 2.42 bits per heavy atom. The zero-order valence-electron chi connectivity index (χ0n) is 18.0. The van der Waals surface area contributed by atoms with Crippen molar-refractivity contribution in [1.29, 1.82) is 0 Å². The third-order valence-corrected chi connectivity index (χ3v) is 5.82. The largest absolute Gasteiger partial charge is 0.478 e. The molecule has 0 fully saturated rings. The number of carbonyl (C=O) groups is 2. The molecule has 176 valence electrons. The van der Waals surface area contributed by atoms with Gasteiger partial charge in [0.25, 0.3) is 5.56 Å². The van der Waals surface area contributed by atoms with Crippen molar-refractivity contribution >= 4 is 35.1 Å². The van der Waals surface area contributed by atoms with Crippen molar-refractivity contribution in [2.75, 3.05) is 6.54 Å². The van der Waals surface area contributed by atoms with Gasteiger partial charge < -0.3 is 20.1 Å². The third kappa shape index (κ3) is 8.20. The molecule has 7 nitrogen and oxygen atoms in total. The number of pyridine rings is 1. The van der Waals surface area contributed by atoms with E-state index in [0.29, 0.717) is 28.7 Å². The molecular formula is C24H26Cl2N2O5. The van der Waals surface area contributed by atoms with Crippen LogP contribution in [0.15, 0.2) is 59.9 Å². The van der Waals surface area contributed by atoms with Crippen LogP contribution >= 0.6 is 23.2 Å². The van der Waals surface area contributed by atoms with Gasteiger partial charge in [0, 0.05) is 36.5 Å². The first-order chi connectivity index (χ1) is 15.7. The molecule has 0 saturated heterocycles. The molecule has 9 heteroatoms. The molecule has 0 amide bonds. The van der Waals surface area contributed by atoms with Gasteiger partial charge in [-0.2, -0.15) is 0 Å². The van der Waals surface area contributed by atoms with E-state index in [2.05, 4.69) is 11.9 Å². The van der Waals surface area contributed by atoms with Crippen LogP contribution in [0.2, 0.25) is 10.0 Å². The molecule has 1 aliphatic rings. The Morgan fingerprint density at radius 2 is 1.82 bits per heavy atom. The van der Waals surface area contributed by atoms with E-state index < -0.39 is 11.9 Å². The van der Waals surface area contributed by atoms with Crippen molar-refractivity contribution in [3.63, 3.8) is 0 Å². The molecule has 33 heavy (non-hydrogen) atoms. The molecule has 1 atom stereocenters. The molecule has 0 aliphatic heterocycles. The van der Waals surface area contributed by atoms with E-state index in [1.807, 2.05) is 28.8 Å². The van der Waals surface area contributed by atoms with E-state index >= 15 is 0 Å². The lowest BCUT2D eigenvalue weighted by Gasteiger charge is -2.28. The number of allylic oxidation sites excluding steroid dienone is 1. The van der Waals surface area contributed by atoms with Gasteiger partial charge in [0.1, 0.15) is 0 Å². The fourth-order valence-electron chi connectivity index (χ4n) is 3.63. The molecule has 0 spiro atoms. The fraction of sp³-hybridized carbons (Fsp3) is 0.292. The summed E-state index contributed by atoms with van der Waals surface area (Å²) in [5.41, 5.74) is 3.59. The van der Waals surface area contributed by atoms with E-state index in [9.17, 15) is 14.4 Å². The number of aromatic nitrogens is 1. The Morgan fingerprint density at radius 1 is 1.12 bits per heavy atom. The first-order valence-electron chi connectivity index (χ1n) is 10.4. The van der Waals surface area contributed by atoms with E-state index in [-0.39, 0.29) is 11.6 Å². The SMILES string of the molecule is C=CCn1c2c(ccc1=O)C(NCCc1ccc(Cl)c(Cl)c1)CCC2.O=C(O)C=CC(=O)O. The lowest BCUT2D eigenvalue weighted by atomic mass is 9.90. The number of hydrogen-bond acceptors (Lipinski definition) is 4. The third-order valence-electron chi connectivity index (χ3n) is 5.08. The Labute approximate surface area is 202 Å². The number of carboxylic acid groups (broad SMARTS) is 2. The molecule has 1 aliphatic carbocycles.